The normalized spacial score (nSPS) is 13.9. The molecule has 3 amide bonds. The third-order valence-corrected chi connectivity index (χ3v) is 4.96. The fourth-order valence-electron chi connectivity index (χ4n) is 3.56. The van der Waals surface area contributed by atoms with E-state index in [1.54, 1.807) is 49.9 Å². The van der Waals surface area contributed by atoms with Crippen molar-refractivity contribution < 1.29 is 19.1 Å². The van der Waals surface area contributed by atoms with Gasteiger partial charge in [0.15, 0.2) is 0 Å². The van der Waals surface area contributed by atoms with Gasteiger partial charge in [-0.05, 0) is 85.9 Å². The molecule has 1 aromatic rings. The molecule has 35 heavy (non-hydrogen) atoms. The van der Waals surface area contributed by atoms with Crippen LogP contribution in [0.1, 0.15) is 93.3 Å². The van der Waals surface area contributed by atoms with Crippen LogP contribution >= 0.6 is 0 Å². The second-order valence-electron chi connectivity index (χ2n) is 12.2. The standard InChI is InChI=1S/C28H43N3O4/c1-13-19-14-16-20(17-15-19)22(23(32)30-26(4,5)6)31(27(7,8)9)24(33)21(18(2)3)29-25(34)35-28(10,11)12/h1,14-18,21-22H,2-12H3,(H,29,34)(H,30,32). The van der Waals surface area contributed by atoms with Gasteiger partial charge in [-0.1, -0.05) is 31.9 Å². The van der Waals surface area contributed by atoms with Gasteiger partial charge in [0.1, 0.15) is 17.7 Å². The second kappa shape index (κ2) is 11.2. The molecule has 0 saturated carbocycles. The van der Waals surface area contributed by atoms with Crippen molar-refractivity contribution >= 4 is 17.9 Å². The summed E-state index contributed by atoms with van der Waals surface area (Å²) in [5, 5.41) is 5.74. The number of nitrogens with one attached hydrogen (secondary N) is 2. The van der Waals surface area contributed by atoms with Crippen LogP contribution in [0, 0.1) is 18.3 Å². The average Bonchev–Trinajstić information content (AvgIpc) is 2.66. The maximum Gasteiger partial charge on any atom is 0.408 e. The van der Waals surface area contributed by atoms with Crippen LogP contribution in [-0.4, -0.2) is 45.5 Å². The summed E-state index contributed by atoms with van der Waals surface area (Å²) in [6, 6.07) is 5.17. The fraction of sp³-hybridized carbons (Fsp3) is 0.607. The summed E-state index contributed by atoms with van der Waals surface area (Å²) in [6.45, 7) is 20.2. The summed E-state index contributed by atoms with van der Waals surface area (Å²) >= 11 is 0. The summed E-state index contributed by atoms with van der Waals surface area (Å²) in [4.78, 5) is 41.9. The van der Waals surface area contributed by atoms with Crippen LogP contribution in [0.3, 0.4) is 0 Å². The largest absolute Gasteiger partial charge is 0.444 e. The van der Waals surface area contributed by atoms with E-state index >= 15 is 0 Å². The van der Waals surface area contributed by atoms with Crippen LogP contribution in [0.25, 0.3) is 0 Å². The zero-order chi connectivity index (χ0) is 27.4. The number of carbonyl (C=O) groups is 3. The number of nitrogens with zero attached hydrogens (tertiary/aromatic N) is 1. The predicted molar refractivity (Wildman–Crippen MR) is 140 cm³/mol. The Kier molecular flexibility index (Phi) is 9.57. The van der Waals surface area contributed by atoms with Crippen molar-refractivity contribution in [3.8, 4) is 12.3 Å². The maximum absolute atomic E-state index is 14.1. The highest BCUT2D eigenvalue weighted by Gasteiger charge is 2.43. The van der Waals surface area contributed by atoms with Crippen molar-refractivity contribution in [1.82, 2.24) is 15.5 Å². The summed E-state index contributed by atoms with van der Waals surface area (Å²) in [5.41, 5.74) is -0.707. The predicted octanol–water partition coefficient (Wildman–Crippen LogP) is 4.80. The molecule has 7 nitrogen and oxygen atoms in total. The molecule has 194 valence electrons. The van der Waals surface area contributed by atoms with E-state index < -0.39 is 34.9 Å². The molecule has 7 heteroatoms. The SMILES string of the molecule is C#Cc1ccc(C(C(=O)NC(C)(C)C)N(C(=O)C(NC(=O)OC(C)(C)C)C(C)C)C(C)(C)C)cc1. The van der Waals surface area contributed by atoms with Gasteiger partial charge in [-0.2, -0.15) is 0 Å². The monoisotopic (exact) mass is 485 g/mol. The smallest absolute Gasteiger partial charge is 0.408 e. The Labute approximate surface area is 211 Å². The third kappa shape index (κ3) is 9.28. The van der Waals surface area contributed by atoms with Crippen molar-refractivity contribution in [3.05, 3.63) is 35.4 Å². The Balaban J connectivity index is 3.60. The number of benzene rings is 1. The first kappa shape index (κ1) is 30.0. The summed E-state index contributed by atoms with van der Waals surface area (Å²) < 4.78 is 5.40. The molecule has 1 aromatic carbocycles. The molecule has 2 atom stereocenters. The van der Waals surface area contributed by atoms with Crippen molar-refractivity contribution in [2.75, 3.05) is 0 Å². The molecule has 0 aliphatic carbocycles. The Bertz CT molecular complexity index is 939. The number of hydrogen-bond donors (Lipinski definition) is 2. The van der Waals surface area contributed by atoms with Crippen molar-refractivity contribution in [1.29, 1.82) is 0 Å². The summed E-state index contributed by atoms with van der Waals surface area (Å²) in [5.74, 6) is 1.61. The van der Waals surface area contributed by atoms with E-state index in [0.29, 0.717) is 11.1 Å². The van der Waals surface area contributed by atoms with Gasteiger partial charge >= 0.3 is 6.09 Å². The number of hydrogen-bond acceptors (Lipinski definition) is 4. The number of amides is 3. The van der Waals surface area contributed by atoms with Gasteiger partial charge in [0.2, 0.25) is 11.8 Å². The van der Waals surface area contributed by atoms with E-state index in [-0.39, 0.29) is 17.7 Å². The Morgan fingerprint density at radius 2 is 1.46 bits per heavy atom. The van der Waals surface area contributed by atoms with Gasteiger partial charge in [-0.3, -0.25) is 9.59 Å². The van der Waals surface area contributed by atoms with Gasteiger partial charge < -0.3 is 20.3 Å². The lowest BCUT2D eigenvalue weighted by Crippen LogP contribution is -2.60. The van der Waals surface area contributed by atoms with Gasteiger partial charge in [0.05, 0.1) is 0 Å². The number of ether oxygens (including phenoxy) is 1. The molecule has 0 spiro atoms. The first-order chi connectivity index (χ1) is 15.8. The first-order valence-electron chi connectivity index (χ1n) is 12.0. The molecule has 2 N–H and O–H groups in total. The summed E-state index contributed by atoms with van der Waals surface area (Å²) in [7, 11) is 0. The van der Waals surface area contributed by atoms with Gasteiger partial charge in [0, 0.05) is 16.6 Å². The van der Waals surface area contributed by atoms with Gasteiger partial charge in [-0.15, -0.1) is 6.42 Å². The molecule has 0 aliphatic heterocycles. The zero-order valence-corrected chi connectivity index (χ0v) is 23.2. The van der Waals surface area contributed by atoms with Crippen molar-refractivity contribution in [2.24, 2.45) is 5.92 Å². The van der Waals surface area contributed by atoms with Crippen LogP contribution in [-0.2, 0) is 14.3 Å². The highest BCUT2D eigenvalue weighted by molar-refractivity contribution is 5.93. The third-order valence-electron chi connectivity index (χ3n) is 4.96. The molecule has 2 unspecified atom stereocenters. The lowest BCUT2D eigenvalue weighted by Gasteiger charge is -2.44. The Hall–Kier alpha value is -3.01. The van der Waals surface area contributed by atoms with Crippen LogP contribution in [0.4, 0.5) is 4.79 Å². The number of alkyl carbamates (subject to hydrolysis) is 1. The molecule has 0 aromatic heterocycles. The molecular formula is C28H43N3O4. The summed E-state index contributed by atoms with van der Waals surface area (Å²) in [6.07, 6.45) is 4.83. The molecule has 0 radical (unpaired) electrons. The first-order valence-corrected chi connectivity index (χ1v) is 12.0. The molecule has 0 saturated heterocycles. The minimum atomic E-state index is -0.949. The van der Waals surface area contributed by atoms with E-state index in [4.69, 9.17) is 11.2 Å². The highest BCUT2D eigenvalue weighted by Crippen LogP contribution is 2.31. The quantitative estimate of drug-likeness (QED) is 0.567. The Morgan fingerprint density at radius 1 is 0.943 bits per heavy atom. The fourth-order valence-corrected chi connectivity index (χ4v) is 3.56. The lowest BCUT2D eigenvalue weighted by molar-refractivity contribution is -0.149. The van der Waals surface area contributed by atoms with E-state index in [1.165, 1.54) is 0 Å². The Morgan fingerprint density at radius 3 is 1.83 bits per heavy atom. The van der Waals surface area contributed by atoms with Crippen LogP contribution in [0.2, 0.25) is 0 Å². The molecular weight excluding hydrogens is 442 g/mol. The minimum absolute atomic E-state index is 0.255. The van der Waals surface area contributed by atoms with Crippen LogP contribution in [0.5, 0.6) is 0 Å². The van der Waals surface area contributed by atoms with E-state index in [0.717, 1.165) is 0 Å². The molecule has 0 aliphatic rings. The van der Waals surface area contributed by atoms with Gasteiger partial charge in [-0.25, -0.2) is 4.79 Å². The van der Waals surface area contributed by atoms with Crippen LogP contribution in [0.15, 0.2) is 24.3 Å². The van der Waals surface area contributed by atoms with Gasteiger partial charge in [0.25, 0.3) is 0 Å². The molecule has 0 heterocycles. The van der Waals surface area contributed by atoms with Crippen LogP contribution < -0.4 is 10.6 Å². The van der Waals surface area contributed by atoms with Crippen molar-refractivity contribution in [3.63, 3.8) is 0 Å². The lowest BCUT2D eigenvalue weighted by atomic mass is 9.92. The number of carbonyl (C=O) groups excluding carboxylic acids is 3. The highest BCUT2D eigenvalue weighted by atomic mass is 16.6. The van der Waals surface area contributed by atoms with E-state index in [2.05, 4.69) is 16.6 Å². The molecule has 0 fully saturated rings. The molecule has 0 bridgehead atoms. The minimum Gasteiger partial charge on any atom is -0.444 e. The maximum atomic E-state index is 14.1. The van der Waals surface area contributed by atoms with Crippen molar-refractivity contribution in [2.45, 2.75) is 105 Å². The van der Waals surface area contributed by atoms with E-state index in [9.17, 15) is 14.4 Å². The second-order valence-corrected chi connectivity index (χ2v) is 12.2. The van der Waals surface area contributed by atoms with E-state index in [1.807, 2.05) is 55.4 Å². The topological polar surface area (TPSA) is 87.7 Å². The number of rotatable bonds is 6. The number of terminal acetylenes is 1. The molecule has 1 rings (SSSR count). The zero-order valence-electron chi connectivity index (χ0n) is 23.2. The average molecular weight is 486 g/mol.